The summed E-state index contributed by atoms with van der Waals surface area (Å²) in [4.78, 5) is 35.5. The van der Waals surface area contributed by atoms with Gasteiger partial charge in [-0.25, -0.2) is 34.3 Å². The molecule has 23 heteroatoms. The molecule has 10 atom stereocenters. The van der Waals surface area contributed by atoms with Crippen LogP contribution in [0.4, 0.5) is 16.0 Å². The van der Waals surface area contributed by atoms with E-state index in [1.165, 1.54) is 34.4 Å². The Bertz CT molecular complexity index is 1830. The smallest absolute Gasteiger partial charge is 0.328 e. The Hall–Kier alpha value is -2.81. The van der Waals surface area contributed by atoms with Crippen molar-refractivity contribution in [1.82, 2.24) is 39.0 Å². The second-order valence-corrected chi connectivity index (χ2v) is 15.0. The van der Waals surface area contributed by atoms with Crippen LogP contribution in [-0.2, 0) is 43.9 Å². The molecule has 0 aromatic carbocycles. The Kier molecular flexibility index (Phi) is 7.41. The molecule has 0 amide bonds. The molecule has 0 radical (unpaired) electrons. The highest BCUT2D eigenvalue weighted by molar-refractivity contribution is 8.07. The number of nitrogens with zero attached hydrogens (tertiary/aromatic N) is 8. The zero-order chi connectivity index (χ0) is 31.0. The summed E-state index contributed by atoms with van der Waals surface area (Å²) in [6, 6.07) is 0. The molecule has 7 rings (SSSR count). The average Bonchev–Trinajstić information content (AvgIpc) is 3.73. The van der Waals surface area contributed by atoms with Gasteiger partial charge < -0.3 is 40.0 Å². The van der Waals surface area contributed by atoms with E-state index >= 15 is 4.39 Å². The van der Waals surface area contributed by atoms with E-state index in [2.05, 4.69) is 29.9 Å². The molecule has 7 heterocycles. The molecule has 2 bridgehead atoms. The Morgan fingerprint density at radius 2 is 1.45 bits per heavy atom. The molecule has 19 nitrogen and oxygen atoms in total. The number of rotatable bonds is 2. The maximum atomic E-state index is 16.0. The van der Waals surface area contributed by atoms with Gasteiger partial charge in [0.15, 0.2) is 41.6 Å². The van der Waals surface area contributed by atoms with E-state index in [9.17, 15) is 14.6 Å². The van der Waals surface area contributed by atoms with Crippen LogP contribution in [0.5, 0.6) is 0 Å². The minimum absolute atomic E-state index is 0.0748. The highest BCUT2D eigenvalue weighted by atomic mass is 32.5. The molecule has 3 fully saturated rings. The van der Waals surface area contributed by atoms with Crippen LogP contribution >= 0.6 is 14.3 Å². The lowest BCUT2D eigenvalue weighted by Crippen LogP contribution is -2.35. The standard InChI is InChI=1S/C21H25FN10O9P2S/c1-42(34)36-2-8-13(33)15(21(38-8)32-7-30-12-17(24)26-5-28-19(12)32)41-43(35,44)37-3-9-14(40-42)10(22)20(39-9)31-6-29-11-16(23)25-4-27-18(11)31/h4-10,13-15,20-21,33H,2-3H2,1H3,(H,35,44)(H2,23,25,27)(H2,24,26,28)/t8-,9-,10-,13-,14-,15-,20-,21-,42?,43?/m1/s1. The van der Waals surface area contributed by atoms with Crippen LogP contribution in [-0.4, -0.2) is 106 Å². The molecule has 2 unspecified atom stereocenters. The quantitative estimate of drug-likeness (QED) is 0.207. The Morgan fingerprint density at radius 1 is 0.886 bits per heavy atom. The maximum absolute atomic E-state index is 16.0. The van der Waals surface area contributed by atoms with Crippen LogP contribution in [0.1, 0.15) is 12.5 Å². The average molecular weight is 675 g/mol. The number of hydrogen-bond acceptors (Lipinski definition) is 17. The largest absolute Gasteiger partial charge is 0.387 e. The molecular weight excluding hydrogens is 649 g/mol. The van der Waals surface area contributed by atoms with E-state index in [0.29, 0.717) is 0 Å². The summed E-state index contributed by atoms with van der Waals surface area (Å²) in [5.74, 6) is 0.174. The summed E-state index contributed by atoms with van der Waals surface area (Å²) >= 11 is 5.26. The molecule has 236 valence electrons. The van der Waals surface area contributed by atoms with Crippen LogP contribution in [0.25, 0.3) is 22.3 Å². The maximum Gasteiger partial charge on any atom is 0.328 e. The number of aliphatic hydroxyl groups is 1. The second-order valence-electron chi connectivity index (χ2n) is 10.2. The number of halogens is 1. The molecule has 44 heavy (non-hydrogen) atoms. The first-order valence-electron chi connectivity index (χ1n) is 13.0. The van der Waals surface area contributed by atoms with Crippen molar-refractivity contribution in [2.45, 2.75) is 49.1 Å². The van der Waals surface area contributed by atoms with E-state index in [4.69, 9.17) is 50.8 Å². The van der Waals surface area contributed by atoms with Crippen molar-refractivity contribution in [2.75, 3.05) is 31.3 Å². The highest BCUT2D eigenvalue weighted by Gasteiger charge is 2.53. The van der Waals surface area contributed by atoms with Crippen molar-refractivity contribution < 1.29 is 46.5 Å². The van der Waals surface area contributed by atoms with Crippen molar-refractivity contribution in [2.24, 2.45) is 0 Å². The second kappa shape index (κ2) is 10.9. The number of anilines is 2. The SMILES string of the molecule is CP1(=O)OC[C@H]2O[C@@H](n3cnc4c(N)ncnc43)[C@H](OP(O)(=S)OC[C@H]3O[C@@H](n4cnc5c(N)ncnc54)[C@H](F)[C@@H]3O1)[C@@H]2O. The number of hydrogen-bond donors (Lipinski definition) is 4. The van der Waals surface area contributed by atoms with Gasteiger partial charge in [0.1, 0.15) is 54.2 Å². The monoisotopic (exact) mass is 674 g/mol. The van der Waals surface area contributed by atoms with Gasteiger partial charge >= 0.3 is 14.3 Å². The number of nitrogens with two attached hydrogens (primary N) is 2. The molecular formula is C21H25FN10O9P2S. The summed E-state index contributed by atoms with van der Waals surface area (Å²) in [5.41, 5.74) is 12.7. The minimum atomic E-state index is -4.19. The van der Waals surface area contributed by atoms with E-state index in [1.807, 2.05) is 0 Å². The Labute approximate surface area is 251 Å². The van der Waals surface area contributed by atoms with Crippen molar-refractivity contribution in [3.05, 3.63) is 25.3 Å². The molecule has 3 saturated heterocycles. The summed E-state index contributed by atoms with van der Waals surface area (Å²) in [6.45, 7) is -4.10. The predicted molar refractivity (Wildman–Crippen MR) is 150 cm³/mol. The van der Waals surface area contributed by atoms with Crippen LogP contribution in [0.15, 0.2) is 25.3 Å². The fraction of sp³-hybridized carbons (Fsp3) is 0.524. The lowest BCUT2D eigenvalue weighted by Gasteiger charge is -2.27. The van der Waals surface area contributed by atoms with E-state index < -0.39 is 76.7 Å². The van der Waals surface area contributed by atoms with Crippen LogP contribution in [0.2, 0.25) is 0 Å². The van der Waals surface area contributed by atoms with Gasteiger partial charge in [0.05, 0.1) is 25.9 Å². The number of imidazole rings is 2. The zero-order valence-electron chi connectivity index (χ0n) is 22.5. The predicted octanol–water partition coefficient (Wildman–Crippen LogP) is 0.181. The molecule has 4 aromatic heterocycles. The Morgan fingerprint density at radius 3 is 2.09 bits per heavy atom. The van der Waals surface area contributed by atoms with Gasteiger partial charge in [-0.2, -0.15) is 0 Å². The molecule has 6 N–H and O–H groups in total. The number of fused-ring (bicyclic) bond motifs is 5. The number of ether oxygens (including phenoxy) is 2. The van der Waals surface area contributed by atoms with Gasteiger partial charge in [-0.05, 0) is 11.8 Å². The van der Waals surface area contributed by atoms with Gasteiger partial charge in [0, 0.05) is 6.66 Å². The van der Waals surface area contributed by atoms with Gasteiger partial charge in [0.25, 0.3) is 0 Å². The van der Waals surface area contributed by atoms with Crippen LogP contribution in [0, 0.1) is 0 Å². The first kappa shape index (κ1) is 29.9. The summed E-state index contributed by atoms with van der Waals surface area (Å²) < 4.78 is 66.7. The van der Waals surface area contributed by atoms with Crippen molar-refractivity contribution >= 4 is 60.1 Å². The fourth-order valence-corrected chi connectivity index (χ4v) is 7.88. The molecule has 0 saturated carbocycles. The topological polar surface area (TPSA) is 252 Å². The number of alkyl halides is 1. The van der Waals surface area contributed by atoms with Crippen LogP contribution in [0.3, 0.4) is 0 Å². The minimum Gasteiger partial charge on any atom is -0.387 e. The molecule has 3 aliphatic heterocycles. The lowest BCUT2D eigenvalue weighted by molar-refractivity contribution is -0.0595. The summed E-state index contributed by atoms with van der Waals surface area (Å²) in [7, 11) is -4.05. The first-order valence-corrected chi connectivity index (χ1v) is 17.6. The van der Waals surface area contributed by atoms with Gasteiger partial charge in [-0.1, -0.05) is 0 Å². The first-order chi connectivity index (χ1) is 20.9. The van der Waals surface area contributed by atoms with E-state index in [-0.39, 0.29) is 34.0 Å². The summed E-state index contributed by atoms with van der Waals surface area (Å²) in [6.07, 6.45) is -6.31. The molecule has 0 aliphatic carbocycles. The van der Waals surface area contributed by atoms with Gasteiger partial charge in [-0.15, -0.1) is 0 Å². The van der Waals surface area contributed by atoms with E-state index in [0.717, 1.165) is 6.66 Å². The third-order valence-electron chi connectivity index (χ3n) is 7.35. The normalized spacial score (nSPS) is 38.3. The van der Waals surface area contributed by atoms with Crippen molar-refractivity contribution in [3.8, 4) is 0 Å². The highest BCUT2D eigenvalue weighted by Crippen LogP contribution is 2.54. The number of aliphatic hydroxyl groups excluding tert-OH is 1. The Balaban J connectivity index is 1.20. The van der Waals surface area contributed by atoms with Crippen molar-refractivity contribution in [3.63, 3.8) is 0 Å². The van der Waals surface area contributed by atoms with Crippen molar-refractivity contribution in [1.29, 1.82) is 0 Å². The molecule has 0 spiro atoms. The fourth-order valence-electron chi connectivity index (χ4n) is 5.30. The molecule has 4 aromatic rings. The number of nitrogen functional groups attached to an aromatic ring is 2. The van der Waals surface area contributed by atoms with E-state index in [1.54, 1.807) is 0 Å². The third-order valence-corrected chi connectivity index (χ3v) is 10.1. The van der Waals surface area contributed by atoms with Gasteiger partial charge in [0.2, 0.25) is 0 Å². The van der Waals surface area contributed by atoms with Gasteiger partial charge in [-0.3, -0.25) is 22.7 Å². The van der Waals surface area contributed by atoms with Crippen LogP contribution < -0.4 is 11.5 Å². The lowest BCUT2D eigenvalue weighted by atomic mass is 10.1. The summed E-state index contributed by atoms with van der Waals surface area (Å²) in [5, 5.41) is 11.2. The zero-order valence-corrected chi connectivity index (χ0v) is 25.1. The molecule has 3 aliphatic rings. The number of aromatic nitrogens is 8. The third kappa shape index (κ3) is 5.17.